The molecule has 6 nitrogen and oxygen atoms in total. The van der Waals surface area contributed by atoms with Gasteiger partial charge in [-0.15, -0.1) is 0 Å². The molecule has 1 aliphatic carbocycles. The second-order valence-corrected chi connectivity index (χ2v) is 7.75. The van der Waals surface area contributed by atoms with Gasteiger partial charge in [0.15, 0.2) is 0 Å². The lowest BCUT2D eigenvalue weighted by atomic mass is 9.74. The summed E-state index contributed by atoms with van der Waals surface area (Å²) < 4.78 is 41.1. The number of benzene rings is 1. The van der Waals surface area contributed by atoms with Crippen molar-refractivity contribution in [2.45, 2.75) is 29.7 Å². The molecular formula is C16H14FN3O3S. The van der Waals surface area contributed by atoms with Crippen molar-refractivity contribution in [3.63, 3.8) is 0 Å². The molecule has 0 bridgehead atoms. The van der Waals surface area contributed by atoms with Crippen molar-refractivity contribution in [1.29, 1.82) is 0 Å². The van der Waals surface area contributed by atoms with Crippen LogP contribution in [0.4, 0.5) is 15.8 Å². The van der Waals surface area contributed by atoms with Crippen molar-refractivity contribution in [2.24, 2.45) is 0 Å². The van der Waals surface area contributed by atoms with Gasteiger partial charge in [-0.05, 0) is 49.6 Å². The minimum absolute atomic E-state index is 0.00116. The van der Waals surface area contributed by atoms with Crippen molar-refractivity contribution >= 4 is 27.3 Å². The molecule has 0 unspecified atom stereocenters. The molecule has 1 aromatic carbocycles. The van der Waals surface area contributed by atoms with Crippen LogP contribution >= 0.6 is 0 Å². The summed E-state index contributed by atoms with van der Waals surface area (Å²) in [7, 11) is -4.00. The van der Waals surface area contributed by atoms with Gasteiger partial charge in [-0.2, -0.15) is 0 Å². The maximum Gasteiger partial charge on any atom is 0.266 e. The second kappa shape index (κ2) is 5.01. The third kappa shape index (κ3) is 1.96. The number of carbonyl (C=O) groups excluding carboxylic acids is 1. The molecule has 124 valence electrons. The average molecular weight is 347 g/mol. The molecule has 1 N–H and O–H groups in total. The van der Waals surface area contributed by atoms with Crippen molar-refractivity contribution < 1.29 is 17.6 Å². The number of nitrogens with one attached hydrogen (secondary N) is 1. The van der Waals surface area contributed by atoms with Crippen LogP contribution in [-0.4, -0.2) is 24.8 Å². The first-order valence-electron chi connectivity index (χ1n) is 7.52. The van der Waals surface area contributed by atoms with Gasteiger partial charge in [0.25, 0.3) is 15.9 Å². The normalized spacial score (nSPS) is 18.7. The Kier molecular flexibility index (Phi) is 3.14. The molecule has 4 rings (SSSR count). The van der Waals surface area contributed by atoms with Gasteiger partial charge in [0.2, 0.25) is 0 Å². The molecular weight excluding hydrogens is 333 g/mol. The Morgan fingerprint density at radius 2 is 2.04 bits per heavy atom. The number of pyridine rings is 1. The highest BCUT2D eigenvalue weighted by Crippen LogP contribution is 2.49. The van der Waals surface area contributed by atoms with Gasteiger partial charge in [-0.25, -0.2) is 17.1 Å². The highest BCUT2D eigenvalue weighted by Gasteiger charge is 2.57. The van der Waals surface area contributed by atoms with Gasteiger partial charge in [-0.1, -0.05) is 0 Å². The number of carbonyl (C=O) groups is 1. The Balaban J connectivity index is 1.96. The molecule has 2 aliphatic rings. The zero-order valence-corrected chi connectivity index (χ0v) is 13.4. The van der Waals surface area contributed by atoms with Crippen LogP contribution < -0.4 is 9.62 Å². The molecule has 1 aromatic heterocycles. The zero-order valence-electron chi connectivity index (χ0n) is 12.6. The fraction of sp³-hybridized carbons (Fsp3) is 0.250. The number of hydrogen-bond acceptors (Lipinski definition) is 4. The topological polar surface area (TPSA) is 79.4 Å². The molecule has 2 heterocycles. The summed E-state index contributed by atoms with van der Waals surface area (Å²) in [5.41, 5.74) is -0.719. The summed E-state index contributed by atoms with van der Waals surface area (Å²) in [6.45, 7) is 0. The maximum absolute atomic E-state index is 13.5. The molecule has 0 radical (unpaired) electrons. The summed E-state index contributed by atoms with van der Waals surface area (Å²) in [4.78, 5) is 16.5. The number of hydrogen-bond donors (Lipinski definition) is 1. The van der Waals surface area contributed by atoms with Gasteiger partial charge in [0.1, 0.15) is 16.3 Å². The lowest BCUT2D eigenvalue weighted by Crippen LogP contribution is -2.65. The summed E-state index contributed by atoms with van der Waals surface area (Å²) >= 11 is 0. The van der Waals surface area contributed by atoms with Crippen molar-refractivity contribution in [1.82, 2.24) is 4.98 Å². The summed E-state index contributed by atoms with van der Waals surface area (Å²) in [5.74, 6) is -0.961. The van der Waals surface area contributed by atoms with E-state index in [2.05, 4.69) is 10.3 Å². The Morgan fingerprint density at radius 3 is 2.67 bits per heavy atom. The van der Waals surface area contributed by atoms with Crippen LogP contribution in [-0.2, 0) is 14.8 Å². The average Bonchev–Trinajstić information content (AvgIpc) is 2.52. The summed E-state index contributed by atoms with van der Waals surface area (Å²) in [5, 5.41) is 2.65. The van der Waals surface area contributed by atoms with Crippen LogP contribution in [0.2, 0.25) is 0 Å². The largest absolute Gasteiger partial charge is 0.322 e. The fourth-order valence-electron chi connectivity index (χ4n) is 3.25. The van der Waals surface area contributed by atoms with E-state index in [1.165, 1.54) is 36.7 Å². The molecule has 1 spiro atoms. The number of amides is 1. The fourth-order valence-corrected chi connectivity index (χ4v) is 5.05. The lowest BCUT2D eigenvalue weighted by molar-refractivity contribution is -0.123. The Bertz CT molecular complexity index is 927. The van der Waals surface area contributed by atoms with E-state index in [1.807, 2.05) is 0 Å². The number of fused-ring (bicyclic) bond motifs is 1. The highest BCUT2D eigenvalue weighted by molar-refractivity contribution is 7.93. The van der Waals surface area contributed by atoms with E-state index in [0.717, 1.165) is 16.8 Å². The standard InChI is InChI=1S/C16H14FN3O3S/c17-11-4-5-14-13(9-11)19-15(21)16(6-2-7-16)20(14)24(22,23)12-3-1-8-18-10-12/h1,3-5,8-10H,2,6-7H2,(H,19,21). The van der Waals surface area contributed by atoms with Gasteiger partial charge in [0.05, 0.1) is 11.4 Å². The first-order valence-corrected chi connectivity index (χ1v) is 8.96. The molecule has 0 atom stereocenters. The highest BCUT2D eigenvalue weighted by atomic mass is 32.2. The Morgan fingerprint density at radius 1 is 1.25 bits per heavy atom. The van der Waals surface area contributed by atoms with E-state index in [1.54, 1.807) is 0 Å². The van der Waals surface area contributed by atoms with Gasteiger partial charge < -0.3 is 5.32 Å². The number of anilines is 2. The molecule has 1 fully saturated rings. The van der Waals surface area contributed by atoms with E-state index < -0.39 is 27.3 Å². The predicted molar refractivity (Wildman–Crippen MR) is 85.5 cm³/mol. The number of halogens is 1. The van der Waals surface area contributed by atoms with Crippen LogP contribution in [0.3, 0.4) is 0 Å². The summed E-state index contributed by atoms with van der Waals surface area (Å²) in [6.07, 6.45) is 4.33. The van der Waals surface area contributed by atoms with Gasteiger partial charge in [-0.3, -0.25) is 9.78 Å². The van der Waals surface area contributed by atoms with E-state index in [4.69, 9.17) is 0 Å². The molecule has 1 aliphatic heterocycles. The number of aromatic nitrogens is 1. The van der Waals surface area contributed by atoms with E-state index >= 15 is 0 Å². The molecule has 1 amide bonds. The smallest absolute Gasteiger partial charge is 0.266 e. The summed E-state index contributed by atoms with van der Waals surface area (Å²) in [6, 6.07) is 6.66. The van der Waals surface area contributed by atoms with E-state index in [9.17, 15) is 17.6 Å². The monoisotopic (exact) mass is 347 g/mol. The molecule has 1 saturated carbocycles. The molecule has 0 saturated heterocycles. The SMILES string of the molecule is O=C1Nc2cc(F)ccc2N(S(=O)(=O)c2cccnc2)C12CCC2. The third-order valence-corrected chi connectivity index (χ3v) is 6.45. The molecule has 2 aromatic rings. The minimum Gasteiger partial charge on any atom is -0.322 e. The first-order chi connectivity index (χ1) is 11.4. The van der Waals surface area contributed by atoms with E-state index in [0.29, 0.717) is 12.8 Å². The van der Waals surface area contributed by atoms with Crippen molar-refractivity contribution in [3.8, 4) is 0 Å². The lowest BCUT2D eigenvalue weighted by Gasteiger charge is -2.51. The van der Waals surface area contributed by atoms with Gasteiger partial charge in [0, 0.05) is 12.4 Å². The van der Waals surface area contributed by atoms with Crippen LogP contribution in [0.25, 0.3) is 0 Å². The Labute approximate surface area is 138 Å². The number of nitrogens with zero attached hydrogens (tertiary/aromatic N) is 2. The Hall–Kier alpha value is -2.48. The zero-order chi connectivity index (χ0) is 16.9. The molecule has 8 heteroatoms. The third-order valence-electron chi connectivity index (χ3n) is 4.59. The van der Waals surface area contributed by atoms with Crippen LogP contribution in [0.5, 0.6) is 0 Å². The van der Waals surface area contributed by atoms with Crippen molar-refractivity contribution in [3.05, 3.63) is 48.5 Å². The number of sulfonamides is 1. The maximum atomic E-state index is 13.5. The minimum atomic E-state index is -4.00. The van der Waals surface area contributed by atoms with Crippen LogP contribution in [0, 0.1) is 5.82 Å². The van der Waals surface area contributed by atoms with Crippen LogP contribution in [0.15, 0.2) is 47.6 Å². The van der Waals surface area contributed by atoms with E-state index in [-0.39, 0.29) is 16.3 Å². The van der Waals surface area contributed by atoms with Crippen LogP contribution in [0.1, 0.15) is 19.3 Å². The van der Waals surface area contributed by atoms with Gasteiger partial charge >= 0.3 is 0 Å². The number of rotatable bonds is 2. The second-order valence-electron chi connectivity index (χ2n) is 5.96. The first kappa shape index (κ1) is 15.1. The quantitative estimate of drug-likeness (QED) is 0.904. The molecule has 24 heavy (non-hydrogen) atoms. The predicted octanol–water partition coefficient (Wildman–Crippen LogP) is 2.29. The van der Waals surface area contributed by atoms with Crippen molar-refractivity contribution in [2.75, 3.05) is 9.62 Å².